The zero-order valence-corrected chi connectivity index (χ0v) is 9.34. The Morgan fingerprint density at radius 2 is 2.33 bits per heavy atom. The molecule has 2 aromatic rings. The van der Waals surface area contributed by atoms with Crippen molar-refractivity contribution in [3.05, 3.63) is 34.1 Å². The Kier molecular flexibility index (Phi) is 2.55. The maximum atomic E-state index is 11.8. The first-order chi connectivity index (χ1) is 7.22. The highest BCUT2D eigenvalue weighted by atomic mass is 32.1. The molecule has 2 heterocycles. The molecule has 0 unspecified atom stereocenters. The fourth-order valence-corrected chi connectivity index (χ4v) is 1.98. The van der Waals surface area contributed by atoms with Crippen molar-refractivity contribution in [2.45, 2.75) is 0 Å². The summed E-state index contributed by atoms with van der Waals surface area (Å²) in [6, 6.07) is 3.63. The topological polar surface area (TPSA) is 46.9 Å². The van der Waals surface area contributed by atoms with Gasteiger partial charge < -0.3 is 9.88 Å². The molecule has 0 atom stereocenters. The van der Waals surface area contributed by atoms with E-state index in [1.165, 1.54) is 11.3 Å². The lowest BCUT2D eigenvalue weighted by atomic mass is 10.2. The first-order valence-corrected chi connectivity index (χ1v) is 5.39. The maximum Gasteiger partial charge on any atom is 0.259 e. The fourth-order valence-electron chi connectivity index (χ4n) is 1.30. The van der Waals surface area contributed by atoms with Crippen LogP contribution in [0.3, 0.4) is 0 Å². The van der Waals surface area contributed by atoms with E-state index >= 15 is 0 Å². The number of anilines is 1. The van der Waals surface area contributed by atoms with Gasteiger partial charge in [-0.1, -0.05) is 0 Å². The van der Waals surface area contributed by atoms with Gasteiger partial charge in [-0.3, -0.25) is 4.79 Å². The summed E-state index contributed by atoms with van der Waals surface area (Å²) in [7, 11) is 3.54. The lowest BCUT2D eigenvalue weighted by Crippen LogP contribution is -2.17. The maximum absolute atomic E-state index is 11.8. The van der Waals surface area contributed by atoms with Crippen LogP contribution in [0.4, 0.5) is 5.13 Å². The predicted molar refractivity (Wildman–Crippen MR) is 62.3 cm³/mol. The molecule has 0 aliphatic rings. The number of nitrogens with zero attached hydrogens (tertiary/aromatic N) is 2. The summed E-state index contributed by atoms with van der Waals surface area (Å²) < 4.78 is 1.55. The van der Waals surface area contributed by atoms with Crippen LogP contribution in [0, 0.1) is 0 Å². The Bertz CT molecular complexity index is 529. The fraction of sp³-hybridized carbons (Fsp3) is 0.200. The Hall–Kier alpha value is -1.62. The standard InChI is InChI=1S/C10H11N3OS/c1-11-10-12-8(6-15-10)7-4-3-5-13(2)9(7)14/h3-6H,1-2H3,(H,11,12). The number of aromatic nitrogens is 2. The molecule has 0 saturated carbocycles. The molecule has 0 amide bonds. The SMILES string of the molecule is CNc1nc(-c2cccn(C)c2=O)cs1. The van der Waals surface area contributed by atoms with Crippen LogP contribution < -0.4 is 10.9 Å². The van der Waals surface area contributed by atoms with E-state index in [-0.39, 0.29) is 5.56 Å². The van der Waals surface area contributed by atoms with E-state index in [0.29, 0.717) is 5.56 Å². The van der Waals surface area contributed by atoms with E-state index in [1.807, 2.05) is 18.5 Å². The monoisotopic (exact) mass is 221 g/mol. The van der Waals surface area contributed by atoms with Gasteiger partial charge in [0.25, 0.3) is 5.56 Å². The van der Waals surface area contributed by atoms with Crippen molar-refractivity contribution >= 4 is 16.5 Å². The van der Waals surface area contributed by atoms with Crippen molar-refractivity contribution in [1.29, 1.82) is 0 Å². The van der Waals surface area contributed by atoms with Crippen molar-refractivity contribution < 1.29 is 0 Å². The third-order valence-electron chi connectivity index (χ3n) is 2.12. The molecule has 0 aliphatic heterocycles. The minimum Gasteiger partial charge on any atom is -0.365 e. The molecule has 15 heavy (non-hydrogen) atoms. The highest BCUT2D eigenvalue weighted by Crippen LogP contribution is 2.21. The van der Waals surface area contributed by atoms with Gasteiger partial charge in [-0.2, -0.15) is 0 Å². The second kappa shape index (κ2) is 3.86. The summed E-state index contributed by atoms with van der Waals surface area (Å²) in [5.74, 6) is 0. The molecule has 0 fully saturated rings. The molecular formula is C10H11N3OS. The third-order valence-corrected chi connectivity index (χ3v) is 2.98. The molecule has 0 bridgehead atoms. The molecule has 1 N–H and O–H groups in total. The Morgan fingerprint density at radius 3 is 3.00 bits per heavy atom. The van der Waals surface area contributed by atoms with E-state index in [1.54, 1.807) is 23.9 Å². The number of thiazole rings is 1. The largest absolute Gasteiger partial charge is 0.365 e. The lowest BCUT2D eigenvalue weighted by Gasteiger charge is -1.99. The molecular weight excluding hydrogens is 210 g/mol. The molecule has 5 heteroatoms. The van der Waals surface area contributed by atoms with Crippen LogP contribution in [-0.4, -0.2) is 16.6 Å². The molecule has 0 aliphatic carbocycles. The average Bonchev–Trinajstić information content (AvgIpc) is 2.70. The van der Waals surface area contributed by atoms with E-state index in [0.717, 1.165) is 10.8 Å². The van der Waals surface area contributed by atoms with Crippen molar-refractivity contribution in [1.82, 2.24) is 9.55 Å². The normalized spacial score (nSPS) is 10.3. The number of nitrogens with one attached hydrogen (secondary N) is 1. The van der Waals surface area contributed by atoms with Crippen LogP contribution >= 0.6 is 11.3 Å². The average molecular weight is 221 g/mol. The van der Waals surface area contributed by atoms with Gasteiger partial charge in [0, 0.05) is 25.7 Å². The van der Waals surface area contributed by atoms with Crippen molar-refractivity contribution in [2.75, 3.05) is 12.4 Å². The van der Waals surface area contributed by atoms with Crippen LogP contribution in [0.1, 0.15) is 0 Å². The predicted octanol–water partition coefficient (Wildman–Crippen LogP) is 1.55. The molecule has 2 rings (SSSR count). The van der Waals surface area contributed by atoms with E-state index in [9.17, 15) is 4.79 Å². The number of pyridine rings is 1. The Morgan fingerprint density at radius 1 is 1.53 bits per heavy atom. The minimum atomic E-state index is -0.0227. The summed E-state index contributed by atoms with van der Waals surface area (Å²) >= 11 is 1.49. The Labute approximate surface area is 91.2 Å². The first kappa shape index (κ1) is 9.92. The second-order valence-corrected chi connectivity index (χ2v) is 3.98. The van der Waals surface area contributed by atoms with Crippen LogP contribution in [-0.2, 0) is 7.05 Å². The summed E-state index contributed by atoms with van der Waals surface area (Å²) in [4.78, 5) is 16.1. The first-order valence-electron chi connectivity index (χ1n) is 4.51. The second-order valence-electron chi connectivity index (χ2n) is 3.13. The van der Waals surface area contributed by atoms with E-state index in [4.69, 9.17) is 0 Å². The summed E-state index contributed by atoms with van der Waals surface area (Å²) in [5.41, 5.74) is 1.34. The summed E-state index contributed by atoms with van der Waals surface area (Å²) in [6.45, 7) is 0. The molecule has 2 aromatic heterocycles. The van der Waals surface area contributed by atoms with Gasteiger partial charge in [0.2, 0.25) is 0 Å². The van der Waals surface area contributed by atoms with Gasteiger partial charge >= 0.3 is 0 Å². The van der Waals surface area contributed by atoms with Crippen molar-refractivity contribution in [3.8, 4) is 11.3 Å². The van der Waals surface area contributed by atoms with Crippen LogP contribution in [0.2, 0.25) is 0 Å². The van der Waals surface area contributed by atoms with Gasteiger partial charge in [-0.15, -0.1) is 11.3 Å². The summed E-state index contributed by atoms with van der Waals surface area (Å²) in [6.07, 6.45) is 1.73. The van der Waals surface area contributed by atoms with Crippen LogP contribution in [0.25, 0.3) is 11.3 Å². The van der Waals surface area contributed by atoms with Gasteiger partial charge in [0.05, 0.1) is 11.3 Å². The number of hydrogen-bond donors (Lipinski definition) is 1. The molecule has 0 spiro atoms. The minimum absolute atomic E-state index is 0.0227. The quantitative estimate of drug-likeness (QED) is 0.837. The zero-order chi connectivity index (χ0) is 10.8. The van der Waals surface area contributed by atoms with E-state index in [2.05, 4.69) is 10.3 Å². The van der Waals surface area contributed by atoms with Crippen molar-refractivity contribution in [2.24, 2.45) is 7.05 Å². The van der Waals surface area contributed by atoms with Crippen molar-refractivity contribution in [3.63, 3.8) is 0 Å². The highest BCUT2D eigenvalue weighted by Gasteiger charge is 2.07. The molecule has 0 radical (unpaired) electrons. The molecule has 0 aromatic carbocycles. The van der Waals surface area contributed by atoms with Gasteiger partial charge in [0.15, 0.2) is 5.13 Å². The lowest BCUT2D eigenvalue weighted by molar-refractivity contribution is 0.862. The zero-order valence-electron chi connectivity index (χ0n) is 8.52. The summed E-state index contributed by atoms with van der Waals surface area (Å²) in [5, 5.41) is 5.64. The third kappa shape index (κ3) is 1.78. The van der Waals surface area contributed by atoms with Gasteiger partial charge in [-0.05, 0) is 12.1 Å². The molecule has 4 nitrogen and oxygen atoms in total. The van der Waals surface area contributed by atoms with Gasteiger partial charge in [0.1, 0.15) is 0 Å². The smallest absolute Gasteiger partial charge is 0.259 e. The Balaban J connectivity index is 2.54. The van der Waals surface area contributed by atoms with Crippen LogP contribution in [0.15, 0.2) is 28.5 Å². The molecule has 0 saturated heterocycles. The van der Waals surface area contributed by atoms with Gasteiger partial charge in [-0.25, -0.2) is 4.98 Å². The van der Waals surface area contributed by atoms with E-state index < -0.39 is 0 Å². The molecule has 78 valence electrons. The number of hydrogen-bond acceptors (Lipinski definition) is 4. The van der Waals surface area contributed by atoms with Crippen LogP contribution in [0.5, 0.6) is 0 Å². The number of rotatable bonds is 2. The highest BCUT2D eigenvalue weighted by molar-refractivity contribution is 7.14. The number of aryl methyl sites for hydroxylation is 1.